The van der Waals surface area contributed by atoms with E-state index in [2.05, 4.69) is 15.5 Å². The smallest absolute Gasteiger partial charge is 0.183 e. The third kappa shape index (κ3) is 2.22. The number of methoxy groups -OCH3 is 2. The average molecular weight is 245 g/mol. The molecule has 7 heteroatoms. The first-order valence-corrected chi connectivity index (χ1v) is 5.15. The Hall–Kier alpha value is -2.62. The molecule has 0 aliphatic heterocycles. The molecule has 7 nitrogen and oxygen atoms in total. The van der Waals surface area contributed by atoms with Gasteiger partial charge in [0.15, 0.2) is 5.82 Å². The number of nitrogens with zero attached hydrogens (tertiary/aromatic N) is 5. The largest absolute Gasteiger partial charge is 0.497 e. The second kappa shape index (κ2) is 5.14. The topological polar surface area (TPSA) is 85.8 Å². The Balaban J connectivity index is 2.49. The number of aromatic nitrogens is 4. The van der Waals surface area contributed by atoms with Crippen LogP contribution in [0.4, 0.5) is 0 Å². The van der Waals surface area contributed by atoms with Gasteiger partial charge in [-0.2, -0.15) is 5.26 Å². The number of ether oxygens (including phenoxy) is 2. The van der Waals surface area contributed by atoms with Crippen LogP contribution in [0, 0.1) is 11.3 Å². The monoisotopic (exact) mass is 245 g/mol. The van der Waals surface area contributed by atoms with E-state index in [1.807, 2.05) is 6.07 Å². The molecule has 0 radical (unpaired) electrons. The van der Waals surface area contributed by atoms with Gasteiger partial charge in [-0.15, -0.1) is 5.10 Å². The zero-order chi connectivity index (χ0) is 13.0. The van der Waals surface area contributed by atoms with Crippen LogP contribution in [-0.4, -0.2) is 34.4 Å². The second-order valence-electron chi connectivity index (χ2n) is 3.42. The van der Waals surface area contributed by atoms with Crippen molar-refractivity contribution in [2.24, 2.45) is 0 Å². The van der Waals surface area contributed by atoms with E-state index < -0.39 is 0 Å². The lowest BCUT2D eigenvalue weighted by atomic mass is 10.2. The van der Waals surface area contributed by atoms with Gasteiger partial charge in [0.05, 0.1) is 20.3 Å². The van der Waals surface area contributed by atoms with Crippen LogP contribution in [0.3, 0.4) is 0 Å². The molecule has 2 aromatic rings. The molecular weight excluding hydrogens is 234 g/mol. The third-order valence-corrected chi connectivity index (χ3v) is 2.36. The molecule has 0 bridgehead atoms. The standard InChI is InChI=1S/C11H11N5O2/c1-17-9-5-8(6-10(7-9)18-2)11-13-14-15-16(11)4-3-12/h5-7H,4H2,1-2H3. The lowest BCUT2D eigenvalue weighted by Crippen LogP contribution is -2.01. The van der Waals surface area contributed by atoms with E-state index in [-0.39, 0.29) is 6.54 Å². The van der Waals surface area contributed by atoms with Crippen molar-refractivity contribution >= 4 is 0 Å². The number of benzene rings is 1. The first-order valence-electron chi connectivity index (χ1n) is 5.15. The SMILES string of the molecule is COc1cc(OC)cc(-c2nnnn2CC#N)c1. The third-order valence-electron chi connectivity index (χ3n) is 2.36. The van der Waals surface area contributed by atoms with Gasteiger partial charge in [-0.1, -0.05) is 0 Å². The lowest BCUT2D eigenvalue weighted by Gasteiger charge is -2.07. The van der Waals surface area contributed by atoms with Gasteiger partial charge in [0.2, 0.25) is 0 Å². The minimum Gasteiger partial charge on any atom is -0.497 e. The fourth-order valence-corrected chi connectivity index (χ4v) is 1.52. The van der Waals surface area contributed by atoms with Gasteiger partial charge in [-0.3, -0.25) is 0 Å². The molecule has 1 aromatic heterocycles. The van der Waals surface area contributed by atoms with Crippen LogP contribution in [0.2, 0.25) is 0 Å². The quantitative estimate of drug-likeness (QED) is 0.794. The lowest BCUT2D eigenvalue weighted by molar-refractivity contribution is 0.394. The van der Waals surface area contributed by atoms with Gasteiger partial charge in [-0.05, 0) is 22.6 Å². The Morgan fingerprint density at radius 3 is 2.44 bits per heavy atom. The fraction of sp³-hybridized carbons (Fsp3) is 0.273. The summed E-state index contributed by atoms with van der Waals surface area (Å²) in [6.07, 6.45) is 0. The summed E-state index contributed by atoms with van der Waals surface area (Å²) in [7, 11) is 3.13. The van der Waals surface area contributed by atoms with Gasteiger partial charge < -0.3 is 9.47 Å². The highest BCUT2D eigenvalue weighted by molar-refractivity contribution is 5.60. The summed E-state index contributed by atoms with van der Waals surface area (Å²) in [4.78, 5) is 0. The number of hydrogen-bond donors (Lipinski definition) is 0. The van der Waals surface area contributed by atoms with Crippen LogP contribution in [-0.2, 0) is 6.54 Å². The Morgan fingerprint density at radius 1 is 1.22 bits per heavy atom. The highest BCUT2D eigenvalue weighted by atomic mass is 16.5. The van der Waals surface area contributed by atoms with E-state index in [0.29, 0.717) is 17.3 Å². The van der Waals surface area contributed by atoms with Crippen molar-refractivity contribution in [3.63, 3.8) is 0 Å². The molecule has 1 aromatic carbocycles. The van der Waals surface area contributed by atoms with E-state index in [9.17, 15) is 0 Å². The van der Waals surface area contributed by atoms with E-state index >= 15 is 0 Å². The van der Waals surface area contributed by atoms with Gasteiger partial charge in [-0.25, -0.2) is 4.68 Å². The minimum atomic E-state index is 0.0852. The van der Waals surface area contributed by atoms with Crippen LogP contribution in [0.25, 0.3) is 11.4 Å². The van der Waals surface area contributed by atoms with Crippen LogP contribution >= 0.6 is 0 Å². The Bertz CT molecular complexity index is 565. The number of hydrogen-bond acceptors (Lipinski definition) is 6. The summed E-state index contributed by atoms with van der Waals surface area (Å²) in [6, 6.07) is 7.31. The second-order valence-corrected chi connectivity index (χ2v) is 3.42. The zero-order valence-corrected chi connectivity index (χ0v) is 9.99. The normalized spacial score (nSPS) is 9.83. The molecule has 0 aliphatic rings. The highest BCUT2D eigenvalue weighted by Gasteiger charge is 2.11. The number of tetrazole rings is 1. The molecule has 0 saturated carbocycles. The van der Waals surface area contributed by atoms with Gasteiger partial charge in [0, 0.05) is 11.6 Å². The molecule has 18 heavy (non-hydrogen) atoms. The number of nitriles is 1. The maximum atomic E-state index is 8.70. The summed E-state index contributed by atoms with van der Waals surface area (Å²) in [5, 5.41) is 19.9. The molecule has 1 heterocycles. The van der Waals surface area contributed by atoms with Crippen molar-refractivity contribution in [1.82, 2.24) is 20.2 Å². The van der Waals surface area contributed by atoms with Gasteiger partial charge in [0.1, 0.15) is 18.0 Å². The molecule has 0 atom stereocenters. The fourth-order valence-electron chi connectivity index (χ4n) is 1.52. The number of rotatable bonds is 4. The molecule has 0 spiro atoms. The molecule has 0 unspecified atom stereocenters. The highest BCUT2D eigenvalue weighted by Crippen LogP contribution is 2.28. The van der Waals surface area contributed by atoms with Gasteiger partial charge >= 0.3 is 0 Å². The molecule has 0 aliphatic carbocycles. The summed E-state index contributed by atoms with van der Waals surface area (Å²) >= 11 is 0. The molecule has 2 rings (SSSR count). The predicted octanol–water partition coefficient (Wildman–Crippen LogP) is 0.881. The summed E-state index contributed by atoms with van der Waals surface area (Å²) in [5.74, 6) is 1.76. The van der Waals surface area contributed by atoms with Crippen molar-refractivity contribution in [2.75, 3.05) is 14.2 Å². The Kier molecular flexibility index (Phi) is 3.38. The van der Waals surface area contributed by atoms with Crippen molar-refractivity contribution in [3.8, 4) is 29.0 Å². The molecule has 0 N–H and O–H groups in total. The van der Waals surface area contributed by atoms with Crippen molar-refractivity contribution in [2.45, 2.75) is 6.54 Å². The molecule has 92 valence electrons. The zero-order valence-electron chi connectivity index (χ0n) is 9.99. The van der Waals surface area contributed by atoms with Crippen molar-refractivity contribution in [3.05, 3.63) is 18.2 Å². The first kappa shape index (κ1) is 11.9. The van der Waals surface area contributed by atoms with E-state index in [0.717, 1.165) is 5.56 Å². The Labute approximate surface area is 104 Å². The maximum Gasteiger partial charge on any atom is 0.183 e. The molecule has 0 fully saturated rings. The minimum absolute atomic E-state index is 0.0852. The summed E-state index contributed by atoms with van der Waals surface area (Å²) in [6.45, 7) is 0.0852. The van der Waals surface area contributed by atoms with E-state index in [1.54, 1.807) is 32.4 Å². The molecular formula is C11H11N5O2. The average Bonchev–Trinajstić information content (AvgIpc) is 2.87. The van der Waals surface area contributed by atoms with Gasteiger partial charge in [0.25, 0.3) is 0 Å². The first-order chi connectivity index (χ1) is 8.78. The van der Waals surface area contributed by atoms with Crippen molar-refractivity contribution < 1.29 is 9.47 Å². The van der Waals surface area contributed by atoms with Crippen LogP contribution < -0.4 is 9.47 Å². The van der Waals surface area contributed by atoms with E-state index in [1.165, 1.54) is 4.68 Å². The summed E-state index contributed by atoms with van der Waals surface area (Å²) in [5.41, 5.74) is 0.728. The van der Waals surface area contributed by atoms with Crippen LogP contribution in [0.1, 0.15) is 0 Å². The molecule has 0 saturated heterocycles. The predicted molar refractivity (Wildman–Crippen MR) is 62.0 cm³/mol. The van der Waals surface area contributed by atoms with Crippen LogP contribution in [0.15, 0.2) is 18.2 Å². The molecule has 0 amide bonds. The van der Waals surface area contributed by atoms with Crippen LogP contribution in [0.5, 0.6) is 11.5 Å². The summed E-state index contributed by atoms with van der Waals surface area (Å²) < 4.78 is 11.8. The maximum absolute atomic E-state index is 8.70. The Morgan fingerprint density at radius 2 is 1.89 bits per heavy atom. The van der Waals surface area contributed by atoms with E-state index in [4.69, 9.17) is 14.7 Å². The van der Waals surface area contributed by atoms with Crippen molar-refractivity contribution in [1.29, 1.82) is 5.26 Å².